The molecular weight excluding hydrogens is 208 g/mol. The maximum atomic E-state index is 10.4. The van der Waals surface area contributed by atoms with E-state index in [0.29, 0.717) is 12.8 Å². The number of carbonyl (C=O) groups is 2. The van der Waals surface area contributed by atoms with Crippen molar-refractivity contribution in [3.8, 4) is 0 Å². The van der Waals surface area contributed by atoms with Gasteiger partial charge in [-0.1, -0.05) is 19.1 Å². The minimum Gasteiger partial charge on any atom is -0.545 e. The molecule has 0 fully saturated rings. The molecule has 4 heteroatoms. The van der Waals surface area contributed by atoms with Crippen molar-refractivity contribution in [2.75, 3.05) is 0 Å². The zero-order valence-corrected chi connectivity index (χ0v) is 9.78. The first kappa shape index (κ1) is 14.4. The lowest BCUT2D eigenvalue weighted by Crippen LogP contribution is -2.23. The molecule has 90 valence electrons. The summed E-state index contributed by atoms with van der Waals surface area (Å²) in [6.45, 7) is 4.82. The van der Waals surface area contributed by atoms with Crippen LogP contribution < -0.4 is 10.2 Å². The fourth-order valence-corrected chi connectivity index (χ4v) is 1.22. The van der Waals surface area contributed by atoms with Crippen molar-refractivity contribution in [3.63, 3.8) is 0 Å². The first-order valence-electron chi connectivity index (χ1n) is 5.12. The summed E-state index contributed by atoms with van der Waals surface area (Å²) in [5, 5.41) is 20.8. The molecule has 16 heavy (non-hydrogen) atoms. The van der Waals surface area contributed by atoms with Crippen LogP contribution in [0.5, 0.6) is 0 Å². The third-order valence-electron chi connectivity index (χ3n) is 2.25. The normalized spacial score (nSPS) is 14.7. The molecule has 0 aliphatic rings. The monoisotopic (exact) mass is 224 g/mol. The van der Waals surface area contributed by atoms with Crippen LogP contribution in [0.2, 0.25) is 0 Å². The van der Waals surface area contributed by atoms with Crippen LogP contribution in [0.1, 0.15) is 33.6 Å². The molecule has 0 amide bonds. The van der Waals surface area contributed by atoms with E-state index in [0.717, 1.165) is 0 Å². The zero-order valence-electron chi connectivity index (χ0n) is 9.78. The van der Waals surface area contributed by atoms with Crippen LogP contribution in [-0.4, -0.2) is 11.9 Å². The second kappa shape index (κ2) is 6.82. The fourth-order valence-electron chi connectivity index (χ4n) is 1.22. The summed E-state index contributed by atoms with van der Waals surface area (Å²) in [4.78, 5) is 20.8. The number of carboxylic acid groups (broad SMARTS) is 2. The maximum absolute atomic E-state index is 10.4. The van der Waals surface area contributed by atoms with Crippen LogP contribution in [0.3, 0.4) is 0 Å². The lowest BCUT2D eigenvalue weighted by Gasteiger charge is -2.08. The van der Waals surface area contributed by atoms with Gasteiger partial charge in [-0.3, -0.25) is 0 Å². The highest BCUT2D eigenvalue weighted by molar-refractivity contribution is 5.84. The average molecular weight is 224 g/mol. The van der Waals surface area contributed by atoms with Gasteiger partial charge < -0.3 is 19.8 Å². The van der Waals surface area contributed by atoms with E-state index in [2.05, 4.69) is 0 Å². The Bertz CT molecular complexity index is 326. The quantitative estimate of drug-likeness (QED) is 0.585. The van der Waals surface area contributed by atoms with Gasteiger partial charge in [0.25, 0.3) is 0 Å². The van der Waals surface area contributed by atoms with Crippen LogP contribution in [0.4, 0.5) is 0 Å². The molecule has 4 nitrogen and oxygen atoms in total. The Hall–Kier alpha value is -1.58. The molecule has 0 aromatic heterocycles. The molecule has 0 aliphatic heterocycles. The molecule has 0 N–H and O–H groups in total. The van der Waals surface area contributed by atoms with Gasteiger partial charge >= 0.3 is 0 Å². The predicted octanol–water partition coefficient (Wildman–Crippen LogP) is -0.205. The summed E-state index contributed by atoms with van der Waals surface area (Å²) in [6.07, 6.45) is 4.46. The van der Waals surface area contributed by atoms with Gasteiger partial charge in [-0.15, -0.1) is 0 Å². The van der Waals surface area contributed by atoms with Gasteiger partial charge in [0, 0.05) is 0 Å². The van der Waals surface area contributed by atoms with E-state index in [1.165, 1.54) is 13.8 Å². The lowest BCUT2D eigenvalue weighted by atomic mass is 10.0. The highest BCUT2D eigenvalue weighted by Crippen LogP contribution is 2.11. The maximum Gasteiger partial charge on any atom is 0.0668 e. The van der Waals surface area contributed by atoms with Gasteiger partial charge in [0.05, 0.1) is 11.9 Å². The molecule has 0 saturated heterocycles. The van der Waals surface area contributed by atoms with E-state index < -0.39 is 11.9 Å². The third-order valence-corrected chi connectivity index (χ3v) is 2.25. The minimum absolute atomic E-state index is 0.0729. The van der Waals surface area contributed by atoms with E-state index in [-0.39, 0.29) is 17.1 Å². The number of rotatable bonds is 6. The summed E-state index contributed by atoms with van der Waals surface area (Å²) in [5.41, 5.74) is 0.404. The highest BCUT2D eigenvalue weighted by Gasteiger charge is 1.99. The summed E-state index contributed by atoms with van der Waals surface area (Å²) in [6, 6.07) is 0. The number of allylic oxidation sites excluding steroid dienone is 2. The second-order valence-electron chi connectivity index (χ2n) is 3.87. The van der Waals surface area contributed by atoms with Crippen molar-refractivity contribution >= 4 is 11.9 Å². The molecule has 1 atom stereocenters. The van der Waals surface area contributed by atoms with Crippen molar-refractivity contribution in [3.05, 3.63) is 23.3 Å². The molecule has 0 aromatic carbocycles. The van der Waals surface area contributed by atoms with Crippen LogP contribution in [-0.2, 0) is 9.59 Å². The Balaban J connectivity index is 4.14. The van der Waals surface area contributed by atoms with E-state index in [1.807, 2.05) is 6.92 Å². The highest BCUT2D eigenvalue weighted by atomic mass is 16.4. The van der Waals surface area contributed by atoms with Gasteiger partial charge in [0.15, 0.2) is 0 Å². The smallest absolute Gasteiger partial charge is 0.0668 e. The standard InChI is InChI=1S/C12H18O4/c1-8(7-10(3)12(15)16)5-4-6-9(2)11(13)14/h6-8H,4-5H2,1-3H3,(H,13,14)(H,15,16)/p-2. The third kappa shape index (κ3) is 6.01. The first-order valence-corrected chi connectivity index (χ1v) is 5.12. The number of carbonyl (C=O) groups excluding carboxylic acids is 2. The van der Waals surface area contributed by atoms with Crippen LogP contribution in [0, 0.1) is 5.92 Å². The van der Waals surface area contributed by atoms with Crippen molar-refractivity contribution in [2.45, 2.75) is 33.6 Å². The summed E-state index contributed by atoms with van der Waals surface area (Å²) in [7, 11) is 0. The van der Waals surface area contributed by atoms with E-state index in [4.69, 9.17) is 0 Å². The molecule has 0 saturated carbocycles. The van der Waals surface area contributed by atoms with Crippen molar-refractivity contribution in [1.82, 2.24) is 0 Å². The molecule has 1 unspecified atom stereocenters. The van der Waals surface area contributed by atoms with Crippen LogP contribution in [0.15, 0.2) is 23.3 Å². The predicted molar refractivity (Wildman–Crippen MR) is 55.9 cm³/mol. The first-order chi connectivity index (χ1) is 7.34. The molecule has 0 spiro atoms. The molecule has 0 heterocycles. The molecule has 0 aliphatic carbocycles. The molecule has 0 rings (SSSR count). The molecule has 0 radical (unpaired) electrons. The van der Waals surface area contributed by atoms with Gasteiger partial charge in [-0.2, -0.15) is 0 Å². The number of hydrogen-bond donors (Lipinski definition) is 0. The Morgan fingerprint density at radius 2 is 1.62 bits per heavy atom. The van der Waals surface area contributed by atoms with Crippen molar-refractivity contribution < 1.29 is 19.8 Å². The summed E-state index contributed by atoms with van der Waals surface area (Å²) >= 11 is 0. The topological polar surface area (TPSA) is 80.3 Å². The Labute approximate surface area is 95.3 Å². The molecular formula is C12H16O4-2. The Morgan fingerprint density at radius 1 is 1.12 bits per heavy atom. The second-order valence-corrected chi connectivity index (χ2v) is 3.87. The SMILES string of the molecule is CC(=CCCC(C)C=C(C)C(=O)[O-])C(=O)[O-]. The average Bonchev–Trinajstić information content (AvgIpc) is 2.16. The van der Waals surface area contributed by atoms with E-state index >= 15 is 0 Å². The zero-order chi connectivity index (χ0) is 12.7. The Morgan fingerprint density at radius 3 is 2.06 bits per heavy atom. The summed E-state index contributed by atoms with van der Waals surface area (Å²) < 4.78 is 0. The van der Waals surface area contributed by atoms with E-state index in [1.54, 1.807) is 12.2 Å². The minimum atomic E-state index is -1.17. The van der Waals surface area contributed by atoms with Crippen LogP contribution in [0.25, 0.3) is 0 Å². The van der Waals surface area contributed by atoms with Gasteiger partial charge in [0.2, 0.25) is 0 Å². The number of aliphatic carboxylic acids is 2. The number of carboxylic acids is 2. The largest absolute Gasteiger partial charge is 0.545 e. The van der Waals surface area contributed by atoms with E-state index in [9.17, 15) is 19.8 Å². The van der Waals surface area contributed by atoms with Crippen molar-refractivity contribution in [2.24, 2.45) is 5.92 Å². The van der Waals surface area contributed by atoms with Gasteiger partial charge in [0.1, 0.15) is 0 Å². The molecule has 0 bridgehead atoms. The van der Waals surface area contributed by atoms with Gasteiger partial charge in [-0.25, -0.2) is 0 Å². The number of hydrogen-bond acceptors (Lipinski definition) is 4. The fraction of sp³-hybridized carbons (Fsp3) is 0.500. The van der Waals surface area contributed by atoms with Crippen molar-refractivity contribution in [1.29, 1.82) is 0 Å². The summed E-state index contributed by atoms with van der Waals surface area (Å²) in [5.74, 6) is -2.27. The molecule has 0 aromatic rings. The lowest BCUT2D eigenvalue weighted by molar-refractivity contribution is -0.300. The Kier molecular flexibility index (Phi) is 6.15. The van der Waals surface area contributed by atoms with Gasteiger partial charge in [-0.05, 0) is 43.8 Å². The van der Waals surface area contributed by atoms with Crippen LogP contribution >= 0.6 is 0 Å².